The van der Waals surface area contributed by atoms with E-state index in [1.807, 2.05) is 0 Å². The Bertz CT molecular complexity index is 850. The summed E-state index contributed by atoms with van der Waals surface area (Å²) in [5, 5.41) is 0. The summed E-state index contributed by atoms with van der Waals surface area (Å²) >= 11 is 6.55. The normalized spacial score (nSPS) is 11.6. The smallest absolute Gasteiger partial charge is 0.0474 e. The van der Waals surface area contributed by atoms with Crippen molar-refractivity contribution in [2.75, 3.05) is 0 Å². The van der Waals surface area contributed by atoms with E-state index in [9.17, 15) is 0 Å². The molecule has 0 aromatic heterocycles. The highest BCUT2D eigenvalue weighted by atomic mass is 35.5. The van der Waals surface area contributed by atoms with E-state index in [0.29, 0.717) is 5.88 Å². The Morgan fingerprint density at radius 2 is 0.464 bits per heavy atom. The summed E-state index contributed by atoms with van der Waals surface area (Å²) in [6.07, 6.45) is 64.1. The fraction of sp³-hybridized carbons (Fsp3) is 0.891. The lowest BCUT2D eigenvalue weighted by Crippen LogP contribution is -2.04. The third-order valence-electron chi connectivity index (χ3n) is 13.0. The predicted octanol–water partition coefficient (Wildman–Crippen LogP) is 20.5. The SMILES string of the molecule is CCCCCCCCCCCCCCCCc1cc(CCl)cc(CCCCCCCCCCCCCCCC)c1CCCCCCCCCCCCCCCC. The second-order valence-corrected chi connectivity index (χ2v) is 18.8. The van der Waals surface area contributed by atoms with E-state index in [0.717, 1.165) is 0 Å². The molecule has 0 N–H and O–H groups in total. The molecule has 0 heterocycles. The number of unbranched alkanes of at least 4 members (excludes halogenated alkanes) is 39. The number of hydrogen-bond donors (Lipinski definition) is 0. The van der Waals surface area contributed by atoms with E-state index in [4.69, 9.17) is 11.6 Å². The molecule has 0 spiro atoms. The Morgan fingerprint density at radius 1 is 0.268 bits per heavy atom. The highest BCUT2D eigenvalue weighted by Crippen LogP contribution is 2.27. The van der Waals surface area contributed by atoms with E-state index in [1.54, 1.807) is 16.7 Å². The molecule has 0 radical (unpaired) electrons. The van der Waals surface area contributed by atoms with Gasteiger partial charge in [0.2, 0.25) is 0 Å². The Hall–Kier alpha value is -0.490. The van der Waals surface area contributed by atoms with Gasteiger partial charge < -0.3 is 0 Å². The monoisotopic (exact) mass is 799 g/mol. The van der Waals surface area contributed by atoms with Crippen molar-refractivity contribution < 1.29 is 0 Å². The molecule has 0 saturated heterocycles. The van der Waals surface area contributed by atoms with Crippen molar-refractivity contribution in [2.24, 2.45) is 0 Å². The number of benzene rings is 1. The van der Waals surface area contributed by atoms with Crippen molar-refractivity contribution >= 4 is 11.6 Å². The first kappa shape index (κ1) is 53.5. The van der Waals surface area contributed by atoms with Gasteiger partial charge in [0.25, 0.3) is 0 Å². The summed E-state index contributed by atoms with van der Waals surface area (Å²) in [6.45, 7) is 6.95. The van der Waals surface area contributed by atoms with E-state index in [2.05, 4.69) is 32.9 Å². The summed E-state index contributed by atoms with van der Waals surface area (Å²) in [7, 11) is 0. The molecule has 0 fully saturated rings. The van der Waals surface area contributed by atoms with Gasteiger partial charge in [-0.1, -0.05) is 283 Å². The topological polar surface area (TPSA) is 0 Å². The molecule has 56 heavy (non-hydrogen) atoms. The minimum atomic E-state index is 0.663. The molecule has 0 nitrogen and oxygen atoms in total. The van der Waals surface area contributed by atoms with Gasteiger partial charge in [0.05, 0.1) is 0 Å². The molecule has 0 aliphatic carbocycles. The molecule has 0 bridgehead atoms. The van der Waals surface area contributed by atoms with Crippen molar-refractivity contribution in [2.45, 2.75) is 316 Å². The molecule has 1 aromatic rings. The first-order chi connectivity index (χ1) is 27.8. The van der Waals surface area contributed by atoms with Crippen LogP contribution in [0, 0.1) is 0 Å². The van der Waals surface area contributed by atoms with Crippen molar-refractivity contribution in [3.05, 3.63) is 34.4 Å². The van der Waals surface area contributed by atoms with Crippen LogP contribution in [0.4, 0.5) is 0 Å². The van der Waals surface area contributed by atoms with Gasteiger partial charge in [-0.2, -0.15) is 0 Å². The first-order valence-corrected chi connectivity index (χ1v) is 27.0. The maximum Gasteiger partial charge on any atom is 0.0474 e. The Balaban J connectivity index is 2.46. The zero-order chi connectivity index (χ0) is 40.3. The fourth-order valence-electron chi connectivity index (χ4n) is 9.23. The average Bonchev–Trinajstić information content (AvgIpc) is 3.21. The van der Waals surface area contributed by atoms with Crippen LogP contribution >= 0.6 is 11.6 Å². The molecule has 330 valence electrons. The highest BCUT2D eigenvalue weighted by molar-refractivity contribution is 6.17. The van der Waals surface area contributed by atoms with Crippen LogP contribution in [0.1, 0.15) is 313 Å². The van der Waals surface area contributed by atoms with Gasteiger partial charge in [-0.15, -0.1) is 11.6 Å². The van der Waals surface area contributed by atoms with Crippen LogP contribution in [-0.2, 0) is 25.1 Å². The molecule has 0 unspecified atom stereocenters. The largest absolute Gasteiger partial charge is 0.122 e. The number of rotatable bonds is 46. The van der Waals surface area contributed by atoms with Gasteiger partial charge in [0.15, 0.2) is 0 Å². The van der Waals surface area contributed by atoms with Crippen LogP contribution in [0.2, 0.25) is 0 Å². The molecule has 1 aromatic carbocycles. The van der Waals surface area contributed by atoms with Crippen LogP contribution in [-0.4, -0.2) is 0 Å². The summed E-state index contributed by atoms with van der Waals surface area (Å²) in [6, 6.07) is 5.03. The maximum atomic E-state index is 6.55. The van der Waals surface area contributed by atoms with Crippen molar-refractivity contribution in [1.82, 2.24) is 0 Å². The van der Waals surface area contributed by atoms with E-state index in [1.165, 1.54) is 295 Å². The molecule has 0 amide bonds. The zero-order valence-electron chi connectivity index (χ0n) is 39.1. The van der Waals surface area contributed by atoms with E-state index >= 15 is 0 Å². The lowest BCUT2D eigenvalue weighted by molar-refractivity contribution is 0.533. The van der Waals surface area contributed by atoms with Crippen molar-refractivity contribution in [1.29, 1.82) is 0 Å². The number of hydrogen-bond acceptors (Lipinski definition) is 0. The second kappa shape index (κ2) is 44.1. The minimum Gasteiger partial charge on any atom is -0.122 e. The fourth-order valence-corrected chi connectivity index (χ4v) is 9.38. The van der Waals surface area contributed by atoms with Crippen LogP contribution in [0.15, 0.2) is 12.1 Å². The van der Waals surface area contributed by atoms with Gasteiger partial charge in [0, 0.05) is 5.88 Å². The summed E-state index contributed by atoms with van der Waals surface area (Å²) in [4.78, 5) is 0. The average molecular weight is 800 g/mol. The first-order valence-electron chi connectivity index (χ1n) is 26.5. The number of aryl methyl sites for hydroxylation is 2. The van der Waals surface area contributed by atoms with Gasteiger partial charge in [-0.25, -0.2) is 0 Å². The van der Waals surface area contributed by atoms with Gasteiger partial charge >= 0.3 is 0 Å². The summed E-state index contributed by atoms with van der Waals surface area (Å²) in [5.41, 5.74) is 6.44. The Labute approximate surface area is 360 Å². The Kier molecular flexibility index (Phi) is 42.1. The van der Waals surface area contributed by atoms with Crippen LogP contribution in [0.5, 0.6) is 0 Å². The summed E-state index contributed by atoms with van der Waals surface area (Å²) in [5.74, 6) is 0.663. The van der Waals surface area contributed by atoms with E-state index in [-0.39, 0.29) is 0 Å². The lowest BCUT2D eigenvalue weighted by atomic mass is 9.88. The molecule has 0 atom stereocenters. The Morgan fingerprint density at radius 3 is 0.679 bits per heavy atom. The lowest BCUT2D eigenvalue weighted by Gasteiger charge is -2.18. The third kappa shape index (κ3) is 34.4. The molecule has 1 rings (SSSR count). The van der Waals surface area contributed by atoms with Gasteiger partial charge in [-0.3, -0.25) is 0 Å². The van der Waals surface area contributed by atoms with Crippen molar-refractivity contribution in [3.63, 3.8) is 0 Å². The van der Waals surface area contributed by atoms with Crippen LogP contribution < -0.4 is 0 Å². The molecule has 1 heteroatoms. The molecule has 0 saturated carbocycles. The quantitative estimate of drug-likeness (QED) is 0.0455. The maximum absolute atomic E-state index is 6.55. The highest BCUT2D eigenvalue weighted by Gasteiger charge is 2.12. The standard InChI is InChI=1S/C55H103Cl/c1-4-7-10-13-16-19-22-25-28-31-34-37-40-43-46-53-49-52(51-56)50-54(47-44-41-38-35-32-29-26-23-20-17-14-11-8-5-2)55(53)48-45-42-39-36-33-30-27-24-21-18-15-12-9-6-3/h49-50H,4-48,51H2,1-3H3. The van der Waals surface area contributed by atoms with Gasteiger partial charge in [0.1, 0.15) is 0 Å². The van der Waals surface area contributed by atoms with Crippen LogP contribution in [0.25, 0.3) is 0 Å². The molecular weight excluding hydrogens is 696 g/mol. The second-order valence-electron chi connectivity index (χ2n) is 18.6. The van der Waals surface area contributed by atoms with E-state index < -0.39 is 0 Å². The van der Waals surface area contributed by atoms with Crippen LogP contribution in [0.3, 0.4) is 0 Å². The van der Waals surface area contributed by atoms with Crippen molar-refractivity contribution in [3.8, 4) is 0 Å². The summed E-state index contributed by atoms with van der Waals surface area (Å²) < 4.78 is 0. The minimum absolute atomic E-state index is 0.663. The zero-order valence-corrected chi connectivity index (χ0v) is 39.8. The number of alkyl halides is 1. The molecule has 0 aliphatic rings. The van der Waals surface area contributed by atoms with Gasteiger partial charge in [-0.05, 0) is 60.8 Å². The predicted molar refractivity (Wildman–Crippen MR) is 258 cm³/mol. The molecule has 0 aliphatic heterocycles. The molecular formula is C55H103Cl. The number of halogens is 1. The third-order valence-corrected chi connectivity index (χ3v) is 13.3.